The number of nitrogen functional groups attached to an aromatic ring is 1. The Hall–Kier alpha value is -1.63. The Kier molecular flexibility index (Phi) is 4.15. The summed E-state index contributed by atoms with van der Waals surface area (Å²) in [5, 5.41) is 0. The van der Waals surface area contributed by atoms with Crippen molar-refractivity contribution in [3.05, 3.63) is 0 Å². The molecular weight excluding hydrogens is 256 g/mol. The Labute approximate surface area is 118 Å². The Morgan fingerprint density at radius 2 is 1.75 bits per heavy atom. The molecule has 2 heterocycles. The monoisotopic (exact) mass is 278 g/mol. The molecule has 110 valence electrons. The van der Waals surface area contributed by atoms with E-state index >= 15 is 0 Å². The van der Waals surface area contributed by atoms with Crippen LogP contribution in [0.15, 0.2) is 0 Å². The number of rotatable bonds is 4. The van der Waals surface area contributed by atoms with Crippen molar-refractivity contribution in [2.45, 2.75) is 51.0 Å². The van der Waals surface area contributed by atoms with Crippen molar-refractivity contribution in [2.75, 3.05) is 23.4 Å². The largest absolute Gasteiger partial charge is 0.460 e. The highest BCUT2D eigenvalue weighted by Crippen LogP contribution is 2.24. The first-order valence-corrected chi connectivity index (χ1v) is 7.49. The molecule has 2 aliphatic rings. The van der Waals surface area contributed by atoms with E-state index in [1.165, 1.54) is 32.1 Å². The third kappa shape index (κ3) is 3.09. The summed E-state index contributed by atoms with van der Waals surface area (Å²) < 4.78 is 5.91. The minimum Gasteiger partial charge on any atom is -0.460 e. The van der Waals surface area contributed by atoms with Crippen molar-refractivity contribution in [1.29, 1.82) is 0 Å². The smallest absolute Gasteiger partial charge is 0.323 e. The topological polar surface area (TPSA) is 89.2 Å². The second kappa shape index (κ2) is 6.21. The molecule has 1 aliphatic carbocycles. The van der Waals surface area contributed by atoms with Crippen LogP contribution in [0.5, 0.6) is 6.01 Å². The van der Waals surface area contributed by atoms with Gasteiger partial charge in [0.2, 0.25) is 11.9 Å². The van der Waals surface area contributed by atoms with Crippen LogP contribution in [0, 0.1) is 0 Å². The van der Waals surface area contributed by atoms with E-state index in [2.05, 4.69) is 25.3 Å². The molecule has 1 aromatic heterocycles. The van der Waals surface area contributed by atoms with Crippen molar-refractivity contribution in [3.63, 3.8) is 0 Å². The average Bonchev–Trinajstić information content (AvgIpc) is 3.02. The van der Waals surface area contributed by atoms with Crippen LogP contribution in [-0.4, -0.2) is 34.1 Å². The molecule has 0 radical (unpaired) electrons. The summed E-state index contributed by atoms with van der Waals surface area (Å²) >= 11 is 0. The van der Waals surface area contributed by atoms with E-state index in [4.69, 9.17) is 10.6 Å². The van der Waals surface area contributed by atoms with Crippen molar-refractivity contribution < 1.29 is 4.74 Å². The minimum atomic E-state index is 0.225. The van der Waals surface area contributed by atoms with E-state index < -0.39 is 0 Å². The van der Waals surface area contributed by atoms with Crippen LogP contribution in [0.1, 0.15) is 44.9 Å². The van der Waals surface area contributed by atoms with Gasteiger partial charge in [-0.05, 0) is 38.5 Å². The zero-order valence-electron chi connectivity index (χ0n) is 11.7. The molecule has 1 aromatic rings. The number of hydrogen-bond acceptors (Lipinski definition) is 7. The van der Waals surface area contributed by atoms with E-state index in [1.54, 1.807) is 0 Å². The van der Waals surface area contributed by atoms with Crippen molar-refractivity contribution in [3.8, 4) is 6.01 Å². The lowest BCUT2D eigenvalue weighted by Crippen LogP contribution is -2.25. The maximum Gasteiger partial charge on any atom is 0.323 e. The number of hydrogen-bond donors (Lipinski definition) is 2. The molecule has 0 atom stereocenters. The van der Waals surface area contributed by atoms with Gasteiger partial charge in [0.1, 0.15) is 6.10 Å². The average molecular weight is 278 g/mol. The highest BCUT2D eigenvalue weighted by atomic mass is 16.5. The Morgan fingerprint density at radius 3 is 2.45 bits per heavy atom. The molecule has 2 fully saturated rings. The number of nitrogens with two attached hydrogens (primary N) is 1. The fourth-order valence-electron chi connectivity index (χ4n) is 2.85. The highest BCUT2D eigenvalue weighted by molar-refractivity contribution is 5.38. The summed E-state index contributed by atoms with van der Waals surface area (Å²) in [6, 6.07) is 0.391. The molecule has 20 heavy (non-hydrogen) atoms. The van der Waals surface area contributed by atoms with E-state index in [-0.39, 0.29) is 6.10 Å². The lowest BCUT2D eigenvalue weighted by Gasteiger charge is -2.22. The number of hydrazine groups is 1. The van der Waals surface area contributed by atoms with Gasteiger partial charge in [0.05, 0.1) is 0 Å². The lowest BCUT2D eigenvalue weighted by molar-refractivity contribution is 0.142. The Bertz CT molecular complexity index is 442. The standard InChI is InChI=1S/C13H22N6O/c14-18-11-15-12(19-8-4-5-9-19)17-13(16-11)20-10-6-2-1-3-7-10/h10H,1-9,14H2,(H,15,16,17,18). The normalized spacial score (nSPS) is 20.1. The van der Waals surface area contributed by atoms with Gasteiger partial charge in [-0.2, -0.15) is 15.0 Å². The minimum absolute atomic E-state index is 0.225. The van der Waals surface area contributed by atoms with Gasteiger partial charge in [-0.3, -0.25) is 5.43 Å². The van der Waals surface area contributed by atoms with Gasteiger partial charge in [0.25, 0.3) is 0 Å². The van der Waals surface area contributed by atoms with Crippen LogP contribution in [0.3, 0.4) is 0 Å². The van der Waals surface area contributed by atoms with Gasteiger partial charge >= 0.3 is 6.01 Å². The van der Waals surface area contributed by atoms with Crippen molar-refractivity contribution >= 4 is 11.9 Å². The number of nitrogens with zero attached hydrogens (tertiary/aromatic N) is 4. The summed E-state index contributed by atoms with van der Waals surface area (Å²) in [6.45, 7) is 1.97. The Morgan fingerprint density at radius 1 is 1.00 bits per heavy atom. The maximum atomic E-state index is 5.91. The fraction of sp³-hybridized carbons (Fsp3) is 0.769. The van der Waals surface area contributed by atoms with Gasteiger partial charge in [0.15, 0.2) is 0 Å². The van der Waals surface area contributed by atoms with E-state index in [1.807, 2.05) is 0 Å². The predicted molar refractivity (Wildman–Crippen MR) is 76.6 cm³/mol. The molecule has 0 spiro atoms. The molecule has 3 rings (SSSR count). The van der Waals surface area contributed by atoms with Crippen LogP contribution in [0.4, 0.5) is 11.9 Å². The summed E-state index contributed by atoms with van der Waals surface area (Å²) in [5.74, 6) is 6.47. The maximum absolute atomic E-state index is 5.91. The zero-order valence-corrected chi connectivity index (χ0v) is 11.7. The number of ether oxygens (including phenoxy) is 1. The molecule has 0 amide bonds. The molecule has 0 unspecified atom stereocenters. The van der Waals surface area contributed by atoms with Crippen LogP contribution in [-0.2, 0) is 0 Å². The SMILES string of the molecule is NNc1nc(OC2CCCCC2)nc(N2CCCC2)n1. The molecule has 1 saturated heterocycles. The predicted octanol–water partition coefficient (Wildman–Crippen LogP) is 1.47. The Balaban J connectivity index is 1.76. The molecule has 7 nitrogen and oxygen atoms in total. The first-order chi connectivity index (χ1) is 9.85. The van der Waals surface area contributed by atoms with E-state index in [0.717, 1.165) is 25.9 Å². The molecule has 0 bridgehead atoms. The third-order valence-corrected chi connectivity index (χ3v) is 3.95. The first-order valence-electron chi connectivity index (χ1n) is 7.49. The molecular formula is C13H22N6O. The lowest BCUT2D eigenvalue weighted by atomic mass is 9.98. The van der Waals surface area contributed by atoms with Gasteiger partial charge in [0, 0.05) is 13.1 Å². The molecule has 7 heteroatoms. The second-order valence-corrected chi connectivity index (χ2v) is 5.46. The van der Waals surface area contributed by atoms with Crippen molar-refractivity contribution in [2.24, 2.45) is 5.84 Å². The van der Waals surface area contributed by atoms with Crippen molar-refractivity contribution in [1.82, 2.24) is 15.0 Å². The highest BCUT2D eigenvalue weighted by Gasteiger charge is 2.20. The molecule has 1 aliphatic heterocycles. The third-order valence-electron chi connectivity index (χ3n) is 3.95. The molecule has 0 aromatic carbocycles. The van der Waals surface area contributed by atoms with Crippen LogP contribution < -0.4 is 20.9 Å². The second-order valence-electron chi connectivity index (χ2n) is 5.46. The van der Waals surface area contributed by atoms with Gasteiger partial charge in [-0.15, -0.1) is 0 Å². The summed E-state index contributed by atoms with van der Waals surface area (Å²) in [6.07, 6.45) is 8.47. The summed E-state index contributed by atoms with van der Waals surface area (Å²) in [5.41, 5.74) is 2.50. The summed E-state index contributed by atoms with van der Waals surface area (Å²) in [7, 11) is 0. The first kappa shape index (κ1) is 13.4. The molecule has 3 N–H and O–H groups in total. The van der Waals surface area contributed by atoms with E-state index in [0.29, 0.717) is 17.9 Å². The van der Waals surface area contributed by atoms with Crippen LogP contribution >= 0.6 is 0 Å². The van der Waals surface area contributed by atoms with E-state index in [9.17, 15) is 0 Å². The van der Waals surface area contributed by atoms with Gasteiger partial charge in [-0.1, -0.05) is 6.42 Å². The number of nitrogens with one attached hydrogen (secondary N) is 1. The van der Waals surface area contributed by atoms with Crippen LogP contribution in [0.2, 0.25) is 0 Å². The van der Waals surface area contributed by atoms with Crippen LogP contribution in [0.25, 0.3) is 0 Å². The summed E-state index contributed by atoms with van der Waals surface area (Å²) in [4.78, 5) is 15.1. The number of aromatic nitrogens is 3. The van der Waals surface area contributed by atoms with Gasteiger partial charge < -0.3 is 9.64 Å². The molecule has 1 saturated carbocycles. The van der Waals surface area contributed by atoms with Gasteiger partial charge in [-0.25, -0.2) is 5.84 Å². The zero-order chi connectivity index (χ0) is 13.8. The quantitative estimate of drug-likeness (QED) is 0.636. The number of anilines is 2. The fourth-order valence-corrected chi connectivity index (χ4v) is 2.85.